The van der Waals surface area contributed by atoms with Gasteiger partial charge in [-0.3, -0.25) is 9.59 Å². The number of hydrogen-bond donors (Lipinski definition) is 3. The molecular formula is C13H17BrN2O4S. The van der Waals surface area contributed by atoms with Gasteiger partial charge in [-0.15, -0.1) is 11.3 Å². The minimum absolute atomic E-state index is 0.248. The third kappa shape index (κ3) is 5.13. The van der Waals surface area contributed by atoms with Crippen molar-refractivity contribution in [3.8, 4) is 0 Å². The number of amides is 2. The first kappa shape index (κ1) is 17.6. The number of carbonyl (C=O) groups is 3. The standard InChI is InChI=1S/C13H17BrN2O4S/c1-6(2)10(13(19)20)16-11(17)7(3)15-12(18)8-4-5-9(14)21-8/h4-7,10H,1-3H3,(H,15,18)(H,16,17)(H,19,20)/t7?,10-/m0/s1. The van der Waals surface area contributed by atoms with Crippen LogP contribution in [0.1, 0.15) is 30.4 Å². The first-order valence-corrected chi connectivity index (χ1v) is 7.92. The first-order chi connectivity index (χ1) is 9.72. The Morgan fingerprint density at radius 2 is 1.81 bits per heavy atom. The summed E-state index contributed by atoms with van der Waals surface area (Å²) in [6.07, 6.45) is 0. The average molecular weight is 377 g/mol. The maximum Gasteiger partial charge on any atom is 0.326 e. The molecule has 0 fully saturated rings. The minimum Gasteiger partial charge on any atom is -0.480 e. The van der Waals surface area contributed by atoms with E-state index < -0.39 is 24.0 Å². The van der Waals surface area contributed by atoms with Gasteiger partial charge in [0.1, 0.15) is 12.1 Å². The van der Waals surface area contributed by atoms with Crippen LogP contribution in [0.15, 0.2) is 15.9 Å². The van der Waals surface area contributed by atoms with E-state index in [2.05, 4.69) is 26.6 Å². The molecule has 1 aromatic rings. The lowest BCUT2D eigenvalue weighted by atomic mass is 10.0. The second kappa shape index (κ2) is 7.56. The molecule has 2 amide bonds. The van der Waals surface area contributed by atoms with Crippen LogP contribution in [0.25, 0.3) is 0 Å². The predicted octanol–water partition coefficient (Wildman–Crippen LogP) is 1.85. The van der Waals surface area contributed by atoms with Crippen LogP contribution in [0.2, 0.25) is 0 Å². The first-order valence-electron chi connectivity index (χ1n) is 6.31. The second-order valence-electron chi connectivity index (χ2n) is 4.87. The molecule has 0 bridgehead atoms. The van der Waals surface area contributed by atoms with Crippen LogP contribution in [-0.4, -0.2) is 35.0 Å². The molecule has 0 saturated carbocycles. The van der Waals surface area contributed by atoms with Gasteiger partial charge in [-0.1, -0.05) is 13.8 Å². The minimum atomic E-state index is -1.10. The zero-order chi connectivity index (χ0) is 16.2. The Morgan fingerprint density at radius 1 is 1.19 bits per heavy atom. The van der Waals surface area contributed by atoms with E-state index in [-0.39, 0.29) is 11.8 Å². The lowest BCUT2D eigenvalue weighted by Crippen LogP contribution is -2.51. The quantitative estimate of drug-likeness (QED) is 0.705. The molecular weight excluding hydrogens is 360 g/mol. The summed E-state index contributed by atoms with van der Waals surface area (Å²) in [6, 6.07) is 1.58. The lowest BCUT2D eigenvalue weighted by molar-refractivity contribution is -0.143. The van der Waals surface area contributed by atoms with Crippen LogP contribution >= 0.6 is 27.3 Å². The van der Waals surface area contributed by atoms with Gasteiger partial charge in [0.15, 0.2) is 0 Å². The summed E-state index contributed by atoms with van der Waals surface area (Å²) >= 11 is 4.51. The molecule has 0 aromatic carbocycles. The monoisotopic (exact) mass is 376 g/mol. The number of aliphatic carboxylic acids is 1. The van der Waals surface area contributed by atoms with Gasteiger partial charge in [-0.05, 0) is 40.9 Å². The summed E-state index contributed by atoms with van der Waals surface area (Å²) in [5.74, 6) is -2.24. The van der Waals surface area contributed by atoms with Gasteiger partial charge in [0.25, 0.3) is 5.91 Å². The van der Waals surface area contributed by atoms with Crippen molar-refractivity contribution >= 4 is 45.1 Å². The van der Waals surface area contributed by atoms with E-state index >= 15 is 0 Å². The maximum absolute atomic E-state index is 11.9. The van der Waals surface area contributed by atoms with Gasteiger partial charge in [-0.25, -0.2) is 4.79 Å². The van der Waals surface area contributed by atoms with Crippen molar-refractivity contribution in [1.29, 1.82) is 0 Å². The van der Waals surface area contributed by atoms with E-state index in [4.69, 9.17) is 5.11 Å². The highest BCUT2D eigenvalue weighted by molar-refractivity contribution is 9.11. The van der Waals surface area contributed by atoms with E-state index in [1.807, 2.05) is 0 Å². The number of carboxylic acid groups (broad SMARTS) is 1. The summed E-state index contributed by atoms with van der Waals surface area (Å²) in [7, 11) is 0. The van der Waals surface area contributed by atoms with E-state index in [0.29, 0.717) is 4.88 Å². The largest absolute Gasteiger partial charge is 0.480 e. The van der Waals surface area contributed by atoms with Gasteiger partial charge in [0, 0.05) is 0 Å². The molecule has 8 heteroatoms. The Balaban J connectivity index is 2.62. The van der Waals surface area contributed by atoms with Crippen LogP contribution in [0, 0.1) is 5.92 Å². The molecule has 2 atom stereocenters. The molecule has 0 radical (unpaired) electrons. The van der Waals surface area contributed by atoms with Crippen molar-refractivity contribution < 1.29 is 19.5 Å². The number of halogens is 1. The van der Waals surface area contributed by atoms with Crippen molar-refractivity contribution in [2.24, 2.45) is 5.92 Å². The SMILES string of the molecule is CC(NC(=O)c1ccc(Br)s1)C(=O)N[C@H](C(=O)O)C(C)C. The van der Waals surface area contributed by atoms with Gasteiger partial charge < -0.3 is 15.7 Å². The Morgan fingerprint density at radius 3 is 2.24 bits per heavy atom. The third-order valence-electron chi connectivity index (χ3n) is 2.77. The van der Waals surface area contributed by atoms with E-state index in [1.165, 1.54) is 18.3 Å². The molecule has 21 heavy (non-hydrogen) atoms. The third-order valence-corrected chi connectivity index (χ3v) is 4.39. The summed E-state index contributed by atoms with van der Waals surface area (Å²) < 4.78 is 0.815. The zero-order valence-electron chi connectivity index (χ0n) is 11.8. The van der Waals surface area contributed by atoms with E-state index in [9.17, 15) is 14.4 Å². The molecule has 1 unspecified atom stereocenters. The predicted molar refractivity (Wildman–Crippen MR) is 83.4 cm³/mol. The van der Waals surface area contributed by atoms with Crippen molar-refractivity contribution in [2.45, 2.75) is 32.9 Å². The molecule has 1 heterocycles. The highest BCUT2D eigenvalue weighted by atomic mass is 79.9. The summed E-state index contributed by atoms with van der Waals surface area (Å²) in [5, 5.41) is 14.0. The number of carbonyl (C=O) groups excluding carboxylic acids is 2. The number of carboxylic acids is 1. The molecule has 116 valence electrons. The van der Waals surface area contributed by atoms with Crippen LogP contribution < -0.4 is 10.6 Å². The van der Waals surface area contributed by atoms with Crippen LogP contribution in [0.5, 0.6) is 0 Å². The van der Waals surface area contributed by atoms with E-state index in [0.717, 1.165) is 3.79 Å². The molecule has 1 rings (SSSR count). The Bertz CT molecular complexity index is 544. The molecule has 0 aliphatic rings. The van der Waals surface area contributed by atoms with Gasteiger partial charge in [0.05, 0.1) is 8.66 Å². The van der Waals surface area contributed by atoms with Crippen molar-refractivity contribution in [2.75, 3.05) is 0 Å². The topological polar surface area (TPSA) is 95.5 Å². The Kier molecular flexibility index (Phi) is 6.35. The van der Waals surface area contributed by atoms with Crippen molar-refractivity contribution in [3.63, 3.8) is 0 Å². The smallest absolute Gasteiger partial charge is 0.326 e. The van der Waals surface area contributed by atoms with Crippen LogP contribution in [0.3, 0.4) is 0 Å². The van der Waals surface area contributed by atoms with Crippen molar-refractivity contribution in [1.82, 2.24) is 10.6 Å². The highest BCUT2D eigenvalue weighted by Crippen LogP contribution is 2.21. The second-order valence-corrected chi connectivity index (χ2v) is 7.33. The molecule has 6 nitrogen and oxygen atoms in total. The van der Waals surface area contributed by atoms with Gasteiger partial charge in [0.2, 0.25) is 5.91 Å². The Labute approximate surface area is 135 Å². The van der Waals surface area contributed by atoms with E-state index in [1.54, 1.807) is 26.0 Å². The maximum atomic E-state index is 11.9. The zero-order valence-corrected chi connectivity index (χ0v) is 14.2. The van der Waals surface area contributed by atoms with Gasteiger partial charge >= 0.3 is 5.97 Å². The number of thiophene rings is 1. The normalized spacial score (nSPS) is 13.6. The molecule has 0 spiro atoms. The fourth-order valence-electron chi connectivity index (χ4n) is 1.56. The summed E-state index contributed by atoms with van der Waals surface area (Å²) in [5.41, 5.74) is 0. The fourth-order valence-corrected chi connectivity index (χ4v) is 2.85. The van der Waals surface area contributed by atoms with Crippen LogP contribution in [-0.2, 0) is 9.59 Å². The average Bonchev–Trinajstić information content (AvgIpc) is 2.81. The van der Waals surface area contributed by atoms with Crippen molar-refractivity contribution in [3.05, 3.63) is 20.8 Å². The number of nitrogens with one attached hydrogen (secondary N) is 2. The highest BCUT2D eigenvalue weighted by Gasteiger charge is 2.26. The fraction of sp³-hybridized carbons (Fsp3) is 0.462. The molecule has 0 aliphatic heterocycles. The van der Waals surface area contributed by atoms with Gasteiger partial charge in [-0.2, -0.15) is 0 Å². The molecule has 3 N–H and O–H groups in total. The number of rotatable bonds is 6. The summed E-state index contributed by atoms with van der Waals surface area (Å²) in [6.45, 7) is 4.91. The molecule has 1 aromatic heterocycles. The summed E-state index contributed by atoms with van der Waals surface area (Å²) in [4.78, 5) is 35.4. The number of hydrogen-bond acceptors (Lipinski definition) is 4. The molecule has 0 aliphatic carbocycles. The Hall–Kier alpha value is -1.41. The lowest BCUT2D eigenvalue weighted by Gasteiger charge is -2.20. The molecule has 0 saturated heterocycles. The van der Waals surface area contributed by atoms with Crippen LogP contribution in [0.4, 0.5) is 0 Å².